The third kappa shape index (κ3) is 27.3. The standard InChI is InChI=1S/C10H18N2O3.C7H9NO3.C3H9N/c1-4-5-11-10(14)12-6-7-15-9(13)8(2)3;1-6(2)7(10)11-4-3-8-5-9;1-2-3-4/h2,4-7H2,1,3H3,(H2,11,12,14);1,3-4H2,2H3;2-4H2,1H3. The highest BCUT2D eigenvalue weighted by molar-refractivity contribution is 5.87. The second-order valence-corrected chi connectivity index (χ2v) is 5.78. The van der Waals surface area contributed by atoms with E-state index in [1.807, 2.05) is 6.92 Å². The Hall–Kier alpha value is -2.97. The Kier molecular flexibility index (Phi) is 25.4. The van der Waals surface area contributed by atoms with Crippen molar-refractivity contribution >= 4 is 24.0 Å². The molecule has 10 heteroatoms. The number of nitrogens with zero attached hydrogens (tertiary/aromatic N) is 1. The van der Waals surface area contributed by atoms with Gasteiger partial charge in [0.1, 0.15) is 13.2 Å². The first-order valence-electron chi connectivity index (χ1n) is 9.58. The van der Waals surface area contributed by atoms with E-state index < -0.39 is 11.9 Å². The lowest BCUT2D eigenvalue weighted by atomic mass is 10.4. The van der Waals surface area contributed by atoms with Gasteiger partial charge in [0.05, 0.1) is 13.1 Å². The maximum Gasteiger partial charge on any atom is 0.333 e. The Morgan fingerprint density at radius 1 is 0.933 bits per heavy atom. The van der Waals surface area contributed by atoms with Crippen LogP contribution in [0.1, 0.15) is 40.5 Å². The number of hydrogen-bond acceptors (Lipinski definition) is 8. The van der Waals surface area contributed by atoms with E-state index >= 15 is 0 Å². The first-order valence-corrected chi connectivity index (χ1v) is 9.58. The number of hydrogen-bond donors (Lipinski definition) is 3. The Bertz CT molecular complexity index is 570. The molecular weight excluding hydrogens is 392 g/mol. The molecule has 172 valence electrons. The molecule has 0 rings (SSSR count). The Balaban J connectivity index is -0.000000425. The highest BCUT2D eigenvalue weighted by Gasteiger charge is 2.03. The SMILES string of the molecule is C=C(C)C(=O)OCCN=C=O.C=C(C)C(=O)OCCNC(=O)NCCC.CCCN. The summed E-state index contributed by atoms with van der Waals surface area (Å²) in [5, 5.41) is 5.19. The fourth-order valence-corrected chi connectivity index (χ4v) is 1.09. The van der Waals surface area contributed by atoms with E-state index in [1.165, 1.54) is 6.08 Å². The molecule has 0 aliphatic carbocycles. The molecule has 0 aliphatic rings. The summed E-state index contributed by atoms with van der Waals surface area (Å²) >= 11 is 0. The molecule has 0 radical (unpaired) electrons. The van der Waals surface area contributed by atoms with Crippen LogP contribution in [0.4, 0.5) is 4.79 Å². The fraction of sp³-hybridized carbons (Fsp3) is 0.600. The molecule has 30 heavy (non-hydrogen) atoms. The first-order chi connectivity index (χ1) is 14.2. The van der Waals surface area contributed by atoms with Gasteiger partial charge >= 0.3 is 18.0 Å². The minimum atomic E-state index is -0.467. The zero-order valence-corrected chi connectivity index (χ0v) is 18.5. The minimum Gasteiger partial charge on any atom is -0.460 e. The number of rotatable bonds is 11. The second-order valence-electron chi connectivity index (χ2n) is 5.78. The molecule has 0 bridgehead atoms. The van der Waals surface area contributed by atoms with Gasteiger partial charge in [-0.1, -0.05) is 27.0 Å². The van der Waals surface area contributed by atoms with Gasteiger partial charge in [0.25, 0.3) is 0 Å². The lowest BCUT2D eigenvalue weighted by molar-refractivity contribution is -0.139. The normalized spacial score (nSPS) is 8.57. The summed E-state index contributed by atoms with van der Waals surface area (Å²) in [5.41, 5.74) is 5.71. The summed E-state index contributed by atoms with van der Waals surface area (Å²) in [6, 6.07) is -0.247. The number of amides is 2. The van der Waals surface area contributed by atoms with Crippen LogP contribution in [0.2, 0.25) is 0 Å². The van der Waals surface area contributed by atoms with E-state index in [0.29, 0.717) is 24.2 Å². The molecule has 0 spiro atoms. The van der Waals surface area contributed by atoms with Crippen LogP contribution in [-0.4, -0.2) is 63.4 Å². The monoisotopic (exact) mass is 428 g/mol. The number of carbonyl (C=O) groups is 3. The van der Waals surface area contributed by atoms with Crippen molar-refractivity contribution in [2.24, 2.45) is 10.7 Å². The number of carbonyl (C=O) groups excluding carboxylic acids is 4. The summed E-state index contributed by atoms with van der Waals surface area (Å²) in [6.07, 6.45) is 3.32. The molecule has 4 N–H and O–H groups in total. The van der Waals surface area contributed by atoms with E-state index in [-0.39, 0.29) is 25.8 Å². The molecule has 0 aromatic carbocycles. The molecule has 0 fully saturated rings. The van der Waals surface area contributed by atoms with Gasteiger partial charge in [-0.3, -0.25) is 0 Å². The van der Waals surface area contributed by atoms with Gasteiger partial charge in [0.15, 0.2) is 0 Å². The van der Waals surface area contributed by atoms with E-state index in [1.54, 1.807) is 13.8 Å². The number of aliphatic imine (C=N–C) groups is 1. The van der Waals surface area contributed by atoms with Crippen LogP contribution in [0.15, 0.2) is 29.3 Å². The van der Waals surface area contributed by atoms with Crippen molar-refractivity contribution in [3.63, 3.8) is 0 Å². The Morgan fingerprint density at radius 2 is 1.40 bits per heavy atom. The van der Waals surface area contributed by atoms with Crippen LogP contribution in [-0.2, 0) is 23.9 Å². The van der Waals surface area contributed by atoms with Crippen LogP contribution < -0.4 is 16.4 Å². The topological polar surface area (TPSA) is 149 Å². The van der Waals surface area contributed by atoms with Crippen LogP contribution >= 0.6 is 0 Å². The summed E-state index contributed by atoms with van der Waals surface area (Å²) in [4.78, 5) is 45.3. The number of nitrogens with two attached hydrogens (primary N) is 1. The summed E-state index contributed by atoms with van der Waals surface area (Å²) < 4.78 is 9.37. The van der Waals surface area contributed by atoms with Gasteiger partial charge in [0.2, 0.25) is 6.08 Å². The zero-order chi connectivity index (χ0) is 23.8. The summed E-state index contributed by atoms with van der Waals surface area (Å²) in [6.45, 7) is 16.1. The van der Waals surface area contributed by atoms with Crippen LogP contribution in [0.25, 0.3) is 0 Å². The average molecular weight is 429 g/mol. The van der Waals surface area contributed by atoms with Crippen molar-refractivity contribution in [3.05, 3.63) is 24.3 Å². The zero-order valence-electron chi connectivity index (χ0n) is 18.5. The molecule has 2 amide bonds. The molecule has 0 heterocycles. The molecule has 0 saturated carbocycles. The summed E-state index contributed by atoms with van der Waals surface area (Å²) in [7, 11) is 0. The smallest absolute Gasteiger partial charge is 0.333 e. The quantitative estimate of drug-likeness (QED) is 0.149. The van der Waals surface area contributed by atoms with Gasteiger partial charge in [-0.05, 0) is 33.2 Å². The number of isocyanates is 1. The molecule has 0 atom stereocenters. The Labute approximate surface area is 179 Å². The Morgan fingerprint density at radius 3 is 1.80 bits per heavy atom. The predicted octanol–water partition coefficient (Wildman–Crippen LogP) is 1.61. The van der Waals surface area contributed by atoms with Crippen molar-refractivity contribution in [1.29, 1.82) is 0 Å². The maximum absolute atomic E-state index is 11.0. The number of esters is 2. The van der Waals surface area contributed by atoms with Crippen molar-refractivity contribution in [1.82, 2.24) is 10.6 Å². The van der Waals surface area contributed by atoms with Crippen molar-refractivity contribution < 1.29 is 28.7 Å². The summed E-state index contributed by atoms with van der Waals surface area (Å²) in [5.74, 6) is -0.906. The van der Waals surface area contributed by atoms with E-state index in [4.69, 9.17) is 10.5 Å². The minimum absolute atomic E-state index is 0.0981. The molecule has 0 saturated heterocycles. The predicted molar refractivity (Wildman–Crippen MR) is 116 cm³/mol. The van der Waals surface area contributed by atoms with Crippen molar-refractivity contribution in [2.45, 2.75) is 40.5 Å². The molecule has 0 unspecified atom stereocenters. The van der Waals surface area contributed by atoms with E-state index in [0.717, 1.165) is 19.4 Å². The maximum atomic E-state index is 11.0. The molecular formula is C20H36N4O6. The molecule has 0 aliphatic heterocycles. The molecule has 0 aromatic rings. The van der Waals surface area contributed by atoms with Gasteiger partial charge in [-0.2, -0.15) is 0 Å². The van der Waals surface area contributed by atoms with Crippen LogP contribution in [0.5, 0.6) is 0 Å². The molecule has 0 aromatic heterocycles. The van der Waals surface area contributed by atoms with E-state index in [2.05, 4.69) is 40.4 Å². The lowest BCUT2D eigenvalue weighted by Crippen LogP contribution is -2.37. The van der Waals surface area contributed by atoms with Crippen LogP contribution in [0, 0.1) is 0 Å². The van der Waals surface area contributed by atoms with Crippen molar-refractivity contribution in [3.8, 4) is 0 Å². The average Bonchev–Trinajstić information content (AvgIpc) is 2.72. The largest absolute Gasteiger partial charge is 0.460 e. The highest BCUT2D eigenvalue weighted by atomic mass is 16.5. The highest BCUT2D eigenvalue weighted by Crippen LogP contribution is 1.91. The van der Waals surface area contributed by atoms with Crippen LogP contribution in [0.3, 0.4) is 0 Å². The van der Waals surface area contributed by atoms with Crippen molar-refractivity contribution in [2.75, 3.05) is 39.4 Å². The third-order valence-corrected chi connectivity index (χ3v) is 2.64. The molecule has 10 nitrogen and oxygen atoms in total. The fourth-order valence-electron chi connectivity index (χ4n) is 1.09. The first kappa shape index (κ1) is 31.7. The second kappa shape index (κ2) is 24.1. The third-order valence-electron chi connectivity index (χ3n) is 2.64. The van der Waals surface area contributed by atoms with Gasteiger partial charge in [-0.25, -0.2) is 24.2 Å². The number of nitrogens with one attached hydrogen (secondary N) is 2. The van der Waals surface area contributed by atoms with Gasteiger partial charge in [0, 0.05) is 17.7 Å². The van der Waals surface area contributed by atoms with Gasteiger partial charge in [-0.15, -0.1) is 0 Å². The van der Waals surface area contributed by atoms with Gasteiger partial charge < -0.3 is 25.8 Å². The van der Waals surface area contributed by atoms with E-state index in [9.17, 15) is 19.2 Å². The number of urea groups is 1. The number of ether oxygens (including phenoxy) is 2. The lowest BCUT2D eigenvalue weighted by Gasteiger charge is -2.07.